The number of rotatable bonds is 4. The average molecular weight is 311 g/mol. The predicted octanol–water partition coefficient (Wildman–Crippen LogP) is 1.02. The van der Waals surface area contributed by atoms with Crippen LogP contribution < -0.4 is 15.8 Å². The van der Waals surface area contributed by atoms with Gasteiger partial charge in [0.1, 0.15) is 5.82 Å². The molecule has 0 aliphatic carbocycles. The molecule has 8 heteroatoms. The van der Waals surface area contributed by atoms with Crippen LogP contribution >= 0.6 is 0 Å². The number of hydrogen-bond donors (Lipinski definition) is 2. The fourth-order valence-corrected chi connectivity index (χ4v) is 2.78. The number of hydrogen-bond acceptors (Lipinski definition) is 6. The molecular formula is C15H17N7O. The van der Waals surface area contributed by atoms with Gasteiger partial charge in [0.05, 0.1) is 12.2 Å². The Morgan fingerprint density at radius 1 is 1.17 bits per heavy atom. The summed E-state index contributed by atoms with van der Waals surface area (Å²) in [4.78, 5) is 18.5. The molecule has 0 radical (unpaired) electrons. The van der Waals surface area contributed by atoms with E-state index in [0.717, 1.165) is 18.9 Å². The minimum Gasteiger partial charge on any atom is -0.363 e. The third-order valence-corrected chi connectivity index (χ3v) is 3.96. The lowest BCUT2D eigenvalue weighted by molar-refractivity contribution is 0.870. The molecule has 2 N–H and O–H groups in total. The molecule has 8 nitrogen and oxygen atoms in total. The van der Waals surface area contributed by atoms with Crippen LogP contribution in [0.2, 0.25) is 0 Å². The zero-order valence-electron chi connectivity index (χ0n) is 12.6. The van der Waals surface area contributed by atoms with Crippen molar-refractivity contribution < 1.29 is 0 Å². The molecule has 0 amide bonds. The highest BCUT2D eigenvalue weighted by atomic mass is 16.1. The van der Waals surface area contributed by atoms with Gasteiger partial charge in [-0.3, -0.25) is 9.89 Å². The monoisotopic (exact) mass is 311 g/mol. The molecular weight excluding hydrogens is 294 g/mol. The Bertz CT molecular complexity index is 861. The average Bonchev–Trinajstić information content (AvgIpc) is 3.25. The van der Waals surface area contributed by atoms with Gasteiger partial charge in [0.25, 0.3) is 5.56 Å². The summed E-state index contributed by atoms with van der Waals surface area (Å²) in [6, 6.07) is 7.14. The van der Waals surface area contributed by atoms with E-state index in [0.29, 0.717) is 23.7 Å². The lowest BCUT2D eigenvalue weighted by atomic mass is 10.4. The third-order valence-electron chi connectivity index (χ3n) is 3.96. The number of nitrogens with zero attached hydrogens (tertiary/aromatic N) is 5. The van der Waals surface area contributed by atoms with Crippen LogP contribution in [-0.2, 0) is 6.54 Å². The van der Waals surface area contributed by atoms with Crippen molar-refractivity contribution in [2.45, 2.75) is 19.4 Å². The molecule has 1 saturated heterocycles. The van der Waals surface area contributed by atoms with Crippen molar-refractivity contribution in [3.8, 4) is 0 Å². The van der Waals surface area contributed by atoms with Gasteiger partial charge in [0.2, 0.25) is 0 Å². The highest BCUT2D eigenvalue weighted by molar-refractivity contribution is 5.44. The van der Waals surface area contributed by atoms with E-state index >= 15 is 0 Å². The lowest BCUT2D eigenvalue weighted by Gasteiger charge is -2.15. The van der Waals surface area contributed by atoms with Gasteiger partial charge in [-0.1, -0.05) is 0 Å². The molecule has 0 unspecified atom stereocenters. The molecule has 118 valence electrons. The fourth-order valence-electron chi connectivity index (χ4n) is 2.78. The minimum atomic E-state index is -0.132. The molecule has 1 aliphatic rings. The van der Waals surface area contributed by atoms with Gasteiger partial charge in [-0.15, -0.1) is 10.2 Å². The lowest BCUT2D eigenvalue weighted by Crippen LogP contribution is -2.19. The van der Waals surface area contributed by atoms with Crippen molar-refractivity contribution in [1.82, 2.24) is 24.8 Å². The summed E-state index contributed by atoms with van der Waals surface area (Å²) in [7, 11) is 0. The number of anilines is 2. The predicted molar refractivity (Wildman–Crippen MR) is 86.6 cm³/mol. The van der Waals surface area contributed by atoms with Crippen molar-refractivity contribution in [2.24, 2.45) is 0 Å². The molecule has 0 aromatic carbocycles. The van der Waals surface area contributed by atoms with Gasteiger partial charge in [-0.25, -0.2) is 9.50 Å². The standard InChI is InChI=1S/C15H17N7O/c23-15-9-11(18-13-5-6-17-22(13)15)10-16-12-3-4-14(20-19-12)21-7-1-2-8-21/h3-6,9,17H,1-2,7-8,10H2,(H,16,19). The Morgan fingerprint density at radius 2 is 2.04 bits per heavy atom. The Morgan fingerprint density at radius 3 is 2.83 bits per heavy atom. The SMILES string of the molecule is O=c1cc(CNc2ccc(N3CCCC3)nn2)nc2cc[nH]n12. The molecule has 4 rings (SSSR count). The number of H-pyrrole nitrogens is 1. The first-order valence-corrected chi connectivity index (χ1v) is 7.68. The second-order valence-electron chi connectivity index (χ2n) is 5.57. The number of aromatic nitrogens is 5. The van der Waals surface area contributed by atoms with E-state index in [-0.39, 0.29) is 5.56 Å². The summed E-state index contributed by atoms with van der Waals surface area (Å²) >= 11 is 0. The maximum atomic E-state index is 11.9. The van der Waals surface area contributed by atoms with E-state index < -0.39 is 0 Å². The number of nitrogens with one attached hydrogen (secondary N) is 2. The van der Waals surface area contributed by atoms with Gasteiger partial charge in [-0.2, -0.15) is 0 Å². The zero-order chi connectivity index (χ0) is 15.6. The summed E-state index contributed by atoms with van der Waals surface area (Å²) in [6.07, 6.45) is 4.11. The van der Waals surface area contributed by atoms with E-state index in [1.165, 1.54) is 23.4 Å². The minimum absolute atomic E-state index is 0.132. The number of fused-ring (bicyclic) bond motifs is 1. The first-order chi connectivity index (χ1) is 11.3. The molecule has 1 fully saturated rings. The summed E-state index contributed by atoms with van der Waals surface area (Å²) in [6.45, 7) is 2.52. The van der Waals surface area contributed by atoms with Crippen LogP contribution in [0.1, 0.15) is 18.5 Å². The Kier molecular flexibility index (Phi) is 3.41. The third kappa shape index (κ3) is 2.75. The topological polar surface area (TPSA) is 91.2 Å². The molecule has 3 aromatic rings. The Labute approximate surface area is 132 Å². The quantitative estimate of drug-likeness (QED) is 0.747. The smallest absolute Gasteiger partial charge is 0.272 e. The van der Waals surface area contributed by atoms with E-state index in [4.69, 9.17) is 0 Å². The van der Waals surface area contributed by atoms with Gasteiger partial charge in [0, 0.05) is 31.4 Å². The van der Waals surface area contributed by atoms with Gasteiger partial charge in [0.15, 0.2) is 11.5 Å². The van der Waals surface area contributed by atoms with Crippen LogP contribution in [0, 0.1) is 0 Å². The van der Waals surface area contributed by atoms with Crippen LogP contribution in [0.25, 0.3) is 5.65 Å². The zero-order valence-corrected chi connectivity index (χ0v) is 12.6. The molecule has 23 heavy (non-hydrogen) atoms. The van der Waals surface area contributed by atoms with E-state index in [9.17, 15) is 4.79 Å². The van der Waals surface area contributed by atoms with E-state index in [1.54, 1.807) is 12.3 Å². The van der Waals surface area contributed by atoms with Crippen molar-refractivity contribution >= 4 is 17.3 Å². The second kappa shape index (κ2) is 5.71. The number of aromatic amines is 1. The molecule has 1 aliphatic heterocycles. The Hall–Kier alpha value is -2.90. The van der Waals surface area contributed by atoms with Crippen molar-refractivity contribution in [2.75, 3.05) is 23.3 Å². The summed E-state index contributed by atoms with van der Waals surface area (Å²) < 4.78 is 1.40. The summed E-state index contributed by atoms with van der Waals surface area (Å²) in [5.74, 6) is 1.59. The first kappa shape index (κ1) is 13.7. The molecule has 0 atom stereocenters. The van der Waals surface area contributed by atoms with Gasteiger partial charge in [-0.05, 0) is 25.0 Å². The second-order valence-corrected chi connectivity index (χ2v) is 5.57. The van der Waals surface area contributed by atoms with Gasteiger partial charge < -0.3 is 10.2 Å². The maximum absolute atomic E-state index is 11.9. The maximum Gasteiger partial charge on any atom is 0.272 e. The normalized spacial score (nSPS) is 14.5. The van der Waals surface area contributed by atoms with Crippen molar-refractivity contribution in [1.29, 1.82) is 0 Å². The Balaban J connectivity index is 1.46. The first-order valence-electron chi connectivity index (χ1n) is 7.68. The molecule has 4 heterocycles. The highest BCUT2D eigenvalue weighted by Gasteiger charge is 2.13. The van der Waals surface area contributed by atoms with Crippen LogP contribution in [-0.4, -0.2) is 37.9 Å². The van der Waals surface area contributed by atoms with Crippen LogP contribution in [0.15, 0.2) is 35.3 Å². The van der Waals surface area contributed by atoms with Crippen molar-refractivity contribution in [3.63, 3.8) is 0 Å². The fraction of sp³-hybridized carbons (Fsp3) is 0.333. The largest absolute Gasteiger partial charge is 0.363 e. The van der Waals surface area contributed by atoms with Gasteiger partial charge >= 0.3 is 0 Å². The summed E-state index contributed by atoms with van der Waals surface area (Å²) in [5, 5.41) is 14.4. The molecule has 0 spiro atoms. The summed E-state index contributed by atoms with van der Waals surface area (Å²) in [5.41, 5.74) is 1.14. The molecule has 0 saturated carbocycles. The van der Waals surface area contributed by atoms with Crippen LogP contribution in [0.4, 0.5) is 11.6 Å². The molecule has 0 bridgehead atoms. The van der Waals surface area contributed by atoms with Crippen LogP contribution in [0.3, 0.4) is 0 Å². The molecule has 3 aromatic heterocycles. The van der Waals surface area contributed by atoms with E-state index in [1.807, 2.05) is 12.1 Å². The highest BCUT2D eigenvalue weighted by Crippen LogP contribution is 2.17. The van der Waals surface area contributed by atoms with E-state index in [2.05, 4.69) is 30.5 Å². The van der Waals surface area contributed by atoms with Crippen molar-refractivity contribution in [3.05, 3.63) is 46.5 Å². The van der Waals surface area contributed by atoms with Crippen LogP contribution in [0.5, 0.6) is 0 Å².